The lowest BCUT2D eigenvalue weighted by Gasteiger charge is -2.33. The number of hydrogen-bond acceptors (Lipinski definition) is 3. The molecule has 4 nitrogen and oxygen atoms in total. The molecule has 0 radical (unpaired) electrons. The van der Waals surface area contributed by atoms with E-state index in [0.29, 0.717) is 6.04 Å². The molecule has 1 saturated heterocycles. The van der Waals surface area contributed by atoms with Gasteiger partial charge >= 0.3 is 0 Å². The van der Waals surface area contributed by atoms with Crippen molar-refractivity contribution in [3.8, 4) is 0 Å². The van der Waals surface area contributed by atoms with Crippen LogP contribution in [0.2, 0.25) is 0 Å². The van der Waals surface area contributed by atoms with Crippen LogP contribution in [0.4, 0.5) is 0 Å². The molecule has 3 heterocycles. The third kappa shape index (κ3) is 2.13. The van der Waals surface area contributed by atoms with Gasteiger partial charge in [0.2, 0.25) is 0 Å². The Morgan fingerprint density at radius 2 is 2.39 bits per heavy atom. The number of rotatable bonds is 2. The Balaban J connectivity index is 1.84. The van der Waals surface area contributed by atoms with Crippen LogP contribution in [0.15, 0.2) is 24.5 Å². The van der Waals surface area contributed by atoms with Gasteiger partial charge in [0, 0.05) is 44.6 Å². The quantitative estimate of drug-likeness (QED) is 0.867. The number of aryl methyl sites for hydroxylation is 1. The molecule has 18 heavy (non-hydrogen) atoms. The van der Waals surface area contributed by atoms with Crippen LogP contribution in [-0.2, 0) is 6.54 Å². The van der Waals surface area contributed by atoms with Crippen molar-refractivity contribution >= 4 is 5.65 Å². The fourth-order valence-electron chi connectivity index (χ4n) is 2.61. The molecule has 1 atom stereocenters. The Morgan fingerprint density at radius 3 is 3.17 bits per heavy atom. The molecule has 0 saturated carbocycles. The van der Waals surface area contributed by atoms with E-state index in [1.54, 1.807) is 0 Å². The van der Waals surface area contributed by atoms with Gasteiger partial charge in [-0.25, -0.2) is 4.98 Å². The summed E-state index contributed by atoms with van der Waals surface area (Å²) in [6.45, 7) is 8.59. The highest BCUT2D eigenvalue weighted by atomic mass is 15.2. The molecule has 3 rings (SSSR count). The normalized spacial score (nSPS) is 21.6. The summed E-state index contributed by atoms with van der Waals surface area (Å²) >= 11 is 0. The summed E-state index contributed by atoms with van der Waals surface area (Å²) < 4.78 is 2.12. The zero-order valence-corrected chi connectivity index (χ0v) is 11.1. The van der Waals surface area contributed by atoms with Gasteiger partial charge in [-0.3, -0.25) is 4.90 Å². The average Bonchev–Trinajstić information content (AvgIpc) is 2.76. The highest BCUT2D eigenvalue weighted by Crippen LogP contribution is 2.13. The SMILES string of the molecule is Cc1cccn2cc(CN3CCNCC3C)nc12. The third-order valence-corrected chi connectivity index (χ3v) is 3.73. The maximum atomic E-state index is 4.74. The van der Waals surface area contributed by atoms with E-state index in [9.17, 15) is 0 Å². The topological polar surface area (TPSA) is 32.6 Å². The van der Waals surface area contributed by atoms with Crippen molar-refractivity contribution in [3.63, 3.8) is 0 Å². The highest BCUT2D eigenvalue weighted by Gasteiger charge is 2.18. The molecular formula is C14H20N4. The van der Waals surface area contributed by atoms with Crippen molar-refractivity contribution in [1.29, 1.82) is 0 Å². The molecule has 0 aliphatic carbocycles. The number of imidazole rings is 1. The number of fused-ring (bicyclic) bond motifs is 1. The van der Waals surface area contributed by atoms with E-state index >= 15 is 0 Å². The second-order valence-corrected chi connectivity index (χ2v) is 5.18. The number of aromatic nitrogens is 2. The molecule has 0 aromatic carbocycles. The lowest BCUT2D eigenvalue weighted by molar-refractivity contribution is 0.164. The molecule has 0 bridgehead atoms. The van der Waals surface area contributed by atoms with Crippen molar-refractivity contribution in [2.24, 2.45) is 0 Å². The van der Waals surface area contributed by atoms with Gasteiger partial charge in [-0.2, -0.15) is 0 Å². The van der Waals surface area contributed by atoms with Crippen molar-refractivity contribution in [1.82, 2.24) is 19.6 Å². The summed E-state index contributed by atoms with van der Waals surface area (Å²) in [7, 11) is 0. The predicted octanol–water partition coefficient (Wildman–Crippen LogP) is 1.44. The molecular weight excluding hydrogens is 224 g/mol. The van der Waals surface area contributed by atoms with Crippen LogP contribution in [0.3, 0.4) is 0 Å². The summed E-state index contributed by atoms with van der Waals surface area (Å²) in [5, 5.41) is 3.42. The molecule has 2 aromatic rings. The van der Waals surface area contributed by atoms with Gasteiger partial charge in [-0.1, -0.05) is 6.07 Å². The maximum absolute atomic E-state index is 4.74. The van der Waals surface area contributed by atoms with E-state index in [1.807, 2.05) is 0 Å². The van der Waals surface area contributed by atoms with Gasteiger partial charge < -0.3 is 9.72 Å². The minimum Gasteiger partial charge on any atom is -0.314 e. The average molecular weight is 244 g/mol. The van der Waals surface area contributed by atoms with Gasteiger partial charge in [0.05, 0.1) is 5.69 Å². The summed E-state index contributed by atoms with van der Waals surface area (Å²) in [5.74, 6) is 0. The molecule has 1 N–H and O–H groups in total. The molecule has 4 heteroatoms. The predicted molar refractivity (Wildman–Crippen MR) is 72.7 cm³/mol. The number of nitrogens with one attached hydrogen (secondary N) is 1. The molecule has 96 valence electrons. The van der Waals surface area contributed by atoms with Crippen molar-refractivity contribution in [2.45, 2.75) is 26.4 Å². The number of nitrogens with zero attached hydrogens (tertiary/aromatic N) is 3. The number of hydrogen-bond donors (Lipinski definition) is 1. The molecule has 1 aliphatic heterocycles. The summed E-state index contributed by atoms with van der Waals surface area (Å²) in [4.78, 5) is 7.24. The van der Waals surface area contributed by atoms with Crippen molar-refractivity contribution < 1.29 is 0 Å². The zero-order chi connectivity index (χ0) is 12.5. The Hall–Kier alpha value is -1.39. The van der Waals surface area contributed by atoms with Crippen LogP contribution in [0.25, 0.3) is 5.65 Å². The van der Waals surface area contributed by atoms with E-state index in [1.165, 1.54) is 5.56 Å². The summed E-state index contributed by atoms with van der Waals surface area (Å²) in [6, 6.07) is 4.77. The minimum atomic E-state index is 0.588. The Bertz CT molecular complexity index is 546. The largest absolute Gasteiger partial charge is 0.314 e. The molecule has 1 aliphatic rings. The van der Waals surface area contributed by atoms with E-state index in [0.717, 1.165) is 37.5 Å². The minimum absolute atomic E-state index is 0.588. The van der Waals surface area contributed by atoms with Gasteiger partial charge in [0.15, 0.2) is 0 Å². The van der Waals surface area contributed by atoms with Crippen molar-refractivity contribution in [3.05, 3.63) is 35.8 Å². The molecule has 1 unspecified atom stereocenters. The van der Waals surface area contributed by atoms with Crippen LogP contribution in [-0.4, -0.2) is 40.0 Å². The fourth-order valence-corrected chi connectivity index (χ4v) is 2.61. The first-order chi connectivity index (χ1) is 8.74. The van der Waals surface area contributed by atoms with Crippen LogP contribution in [0.5, 0.6) is 0 Å². The zero-order valence-electron chi connectivity index (χ0n) is 11.1. The van der Waals surface area contributed by atoms with E-state index in [-0.39, 0.29) is 0 Å². The molecule has 0 amide bonds. The van der Waals surface area contributed by atoms with Gasteiger partial charge in [0.25, 0.3) is 0 Å². The smallest absolute Gasteiger partial charge is 0.139 e. The standard InChI is InChI=1S/C14H20N4/c1-11-4-3-6-18-10-13(16-14(11)18)9-17-7-5-15-8-12(17)2/h3-4,6,10,12,15H,5,7-9H2,1-2H3. The fraction of sp³-hybridized carbons (Fsp3) is 0.500. The first kappa shape index (κ1) is 11.7. The Labute approximate surface area is 108 Å². The van der Waals surface area contributed by atoms with Crippen LogP contribution in [0, 0.1) is 6.92 Å². The Kier molecular flexibility index (Phi) is 3.06. The second-order valence-electron chi connectivity index (χ2n) is 5.18. The first-order valence-corrected chi connectivity index (χ1v) is 6.62. The van der Waals surface area contributed by atoms with Crippen LogP contribution < -0.4 is 5.32 Å². The molecule has 2 aromatic heterocycles. The lowest BCUT2D eigenvalue weighted by atomic mass is 10.2. The number of piperazine rings is 1. The van der Waals surface area contributed by atoms with E-state index in [4.69, 9.17) is 4.98 Å². The van der Waals surface area contributed by atoms with Gasteiger partial charge in [-0.05, 0) is 25.5 Å². The van der Waals surface area contributed by atoms with E-state index in [2.05, 4.69) is 53.0 Å². The van der Waals surface area contributed by atoms with Gasteiger partial charge in [0.1, 0.15) is 5.65 Å². The second kappa shape index (κ2) is 4.71. The Morgan fingerprint density at radius 1 is 1.50 bits per heavy atom. The number of pyridine rings is 1. The van der Waals surface area contributed by atoms with E-state index < -0.39 is 0 Å². The summed E-state index contributed by atoms with van der Waals surface area (Å²) in [6.07, 6.45) is 4.22. The van der Waals surface area contributed by atoms with Crippen LogP contribution in [0.1, 0.15) is 18.2 Å². The lowest BCUT2D eigenvalue weighted by Crippen LogP contribution is -2.49. The molecule has 1 fully saturated rings. The first-order valence-electron chi connectivity index (χ1n) is 6.62. The van der Waals surface area contributed by atoms with Gasteiger partial charge in [-0.15, -0.1) is 0 Å². The van der Waals surface area contributed by atoms with Crippen molar-refractivity contribution in [2.75, 3.05) is 19.6 Å². The van der Waals surface area contributed by atoms with Crippen LogP contribution >= 0.6 is 0 Å². The molecule has 0 spiro atoms. The third-order valence-electron chi connectivity index (χ3n) is 3.73. The monoisotopic (exact) mass is 244 g/mol. The maximum Gasteiger partial charge on any atom is 0.139 e. The summed E-state index contributed by atoms with van der Waals surface area (Å²) in [5.41, 5.74) is 3.48. The highest BCUT2D eigenvalue weighted by molar-refractivity contribution is 5.47.